The van der Waals surface area contributed by atoms with Crippen molar-refractivity contribution in [1.82, 2.24) is 9.88 Å². The molecule has 3 N–H and O–H groups in total. The number of benzene rings is 3. The number of esters is 1. The fraction of sp³-hybridized carbons (Fsp3) is 0.257. The number of carbonyl (C=O) groups excluding carboxylic acids is 3. The molecule has 0 aliphatic carbocycles. The van der Waals surface area contributed by atoms with Crippen LogP contribution in [0.25, 0.3) is 5.69 Å². The fourth-order valence-electron chi connectivity index (χ4n) is 4.73. The van der Waals surface area contributed by atoms with E-state index in [-0.39, 0.29) is 18.8 Å². The summed E-state index contributed by atoms with van der Waals surface area (Å²) in [6.45, 7) is 6.30. The molecule has 2 atom stereocenters. The van der Waals surface area contributed by atoms with Gasteiger partial charge in [-0.2, -0.15) is 0 Å². The van der Waals surface area contributed by atoms with Crippen molar-refractivity contribution in [1.29, 1.82) is 0 Å². The Morgan fingerprint density at radius 2 is 1.51 bits per heavy atom. The van der Waals surface area contributed by atoms with Gasteiger partial charge >= 0.3 is 12.1 Å². The molecule has 0 fully saturated rings. The maximum absolute atomic E-state index is 15.5. The van der Waals surface area contributed by atoms with E-state index in [1.54, 1.807) is 51.1 Å². The highest BCUT2D eigenvalue weighted by Crippen LogP contribution is 2.28. The standard InChI is InChI=1S/C35H33F4N3O7/c1-19(14-28(33(45)49-35(2,3)4)41-34(46)47-18-20-8-6-5-7-9-20)48-22-16-26(38)30(27(39)17-22)42-29(43)13-12-24(32(42)40)31(44)23-11-10-21(36)15-25(23)37/h5-13,15-17,19,28H,14,18,40H2,1-4H3,(H,41,46)/t19?,28-/m0/s1. The van der Waals surface area contributed by atoms with Gasteiger partial charge < -0.3 is 25.3 Å². The van der Waals surface area contributed by atoms with Crippen molar-refractivity contribution in [2.24, 2.45) is 0 Å². The number of anilines is 1. The number of halogens is 4. The molecule has 258 valence electrons. The fourth-order valence-corrected chi connectivity index (χ4v) is 4.73. The average molecular weight is 684 g/mol. The van der Waals surface area contributed by atoms with Crippen molar-refractivity contribution in [3.8, 4) is 11.4 Å². The van der Waals surface area contributed by atoms with Gasteiger partial charge in [0, 0.05) is 30.7 Å². The maximum Gasteiger partial charge on any atom is 0.408 e. The van der Waals surface area contributed by atoms with Crippen LogP contribution in [0.1, 0.15) is 55.6 Å². The second-order valence-electron chi connectivity index (χ2n) is 12.0. The Bertz CT molecular complexity index is 1900. The van der Waals surface area contributed by atoms with Gasteiger partial charge in [-0.25, -0.2) is 27.2 Å². The highest BCUT2D eigenvalue weighted by molar-refractivity contribution is 6.11. The molecule has 1 heterocycles. The number of rotatable bonds is 11. The number of nitrogens with two attached hydrogens (primary N) is 1. The lowest BCUT2D eigenvalue weighted by atomic mass is 10.0. The predicted octanol–water partition coefficient (Wildman–Crippen LogP) is 6.00. The number of alkyl carbamates (subject to hydrolysis) is 1. The third kappa shape index (κ3) is 9.24. The molecule has 0 aliphatic rings. The van der Waals surface area contributed by atoms with E-state index >= 15 is 8.78 Å². The molecule has 14 heteroatoms. The summed E-state index contributed by atoms with van der Waals surface area (Å²) < 4.78 is 75.3. The Morgan fingerprint density at radius 3 is 2.12 bits per heavy atom. The summed E-state index contributed by atoms with van der Waals surface area (Å²) in [6, 6.07) is 13.0. The third-order valence-corrected chi connectivity index (χ3v) is 6.87. The molecule has 0 saturated carbocycles. The highest BCUT2D eigenvalue weighted by atomic mass is 19.1. The van der Waals surface area contributed by atoms with E-state index in [1.165, 1.54) is 6.92 Å². The van der Waals surface area contributed by atoms with Crippen LogP contribution in [-0.4, -0.2) is 40.2 Å². The maximum atomic E-state index is 15.5. The molecule has 0 radical (unpaired) electrons. The molecule has 1 aromatic heterocycles. The van der Waals surface area contributed by atoms with Crippen molar-refractivity contribution in [3.63, 3.8) is 0 Å². The number of hydrogen-bond donors (Lipinski definition) is 2. The number of amides is 1. The van der Waals surface area contributed by atoms with Crippen LogP contribution < -0.4 is 21.3 Å². The van der Waals surface area contributed by atoms with Crippen LogP contribution in [0.3, 0.4) is 0 Å². The minimum atomic E-state index is -1.32. The summed E-state index contributed by atoms with van der Waals surface area (Å²) in [5, 5.41) is 2.44. The monoisotopic (exact) mass is 683 g/mol. The van der Waals surface area contributed by atoms with Gasteiger partial charge in [0.2, 0.25) is 0 Å². The van der Waals surface area contributed by atoms with Crippen molar-refractivity contribution >= 4 is 23.7 Å². The first-order valence-corrected chi connectivity index (χ1v) is 14.9. The Kier molecular flexibility index (Phi) is 11.1. The first-order chi connectivity index (χ1) is 23.0. The van der Waals surface area contributed by atoms with Gasteiger partial charge in [0.1, 0.15) is 47.1 Å². The number of ketones is 1. The average Bonchev–Trinajstić information content (AvgIpc) is 3.00. The van der Waals surface area contributed by atoms with Crippen LogP contribution in [0.2, 0.25) is 0 Å². The van der Waals surface area contributed by atoms with Crippen molar-refractivity contribution in [2.75, 3.05) is 5.73 Å². The van der Waals surface area contributed by atoms with Crippen LogP contribution in [0.5, 0.6) is 5.75 Å². The molecule has 49 heavy (non-hydrogen) atoms. The van der Waals surface area contributed by atoms with Gasteiger partial charge in [-0.1, -0.05) is 30.3 Å². The van der Waals surface area contributed by atoms with Crippen LogP contribution in [0.4, 0.5) is 28.2 Å². The lowest BCUT2D eigenvalue weighted by Crippen LogP contribution is -2.46. The van der Waals surface area contributed by atoms with E-state index in [1.807, 2.05) is 0 Å². The van der Waals surface area contributed by atoms with Gasteiger partial charge in [0.25, 0.3) is 5.56 Å². The summed E-state index contributed by atoms with van der Waals surface area (Å²) in [5.41, 5.74) is 2.78. The SMILES string of the molecule is CC(C[C@H](NC(=O)OCc1ccccc1)C(=O)OC(C)(C)C)Oc1cc(F)c(-n2c(N)c(C(=O)c3ccc(F)cc3F)ccc2=O)c(F)c1. The largest absolute Gasteiger partial charge is 0.490 e. The molecule has 0 spiro atoms. The van der Waals surface area contributed by atoms with Gasteiger partial charge in [-0.3, -0.25) is 14.2 Å². The number of ether oxygens (including phenoxy) is 3. The van der Waals surface area contributed by atoms with Crippen LogP contribution in [0, 0.1) is 23.3 Å². The topological polar surface area (TPSA) is 139 Å². The number of nitrogen functional groups attached to an aromatic ring is 1. The molecule has 4 aromatic rings. The predicted molar refractivity (Wildman–Crippen MR) is 170 cm³/mol. The minimum Gasteiger partial charge on any atom is -0.490 e. The number of hydrogen-bond acceptors (Lipinski definition) is 8. The zero-order valence-corrected chi connectivity index (χ0v) is 26.9. The Labute approximate surface area is 278 Å². The minimum absolute atomic E-state index is 0.0710. The molecule has 1 unspecified atom stereocenters. The molecule has 10 nitrogen and oxygen atoms in total. The number of nitrogens with one attached hydrogen (secondary N) is 1. The Hall–Kier alpha value is -5.66. The quantitative estimate of drug-likeness (QED) is 0.112. The number of aromatic nitrogens is 1. The normalized spacial score (nSPS) is 12.5. The van der Waals surface area contributed by atoms with Gasteiger partial charge in [0.15, 0.2) is 17.4 Å². The van der Waals surface area contributed by atoms with Crippen LogP contribution in [0.15, 0.2) is 77.6 Å². The van der Waals surface area contributed by atoms with Gasteiger partial charge in [0.05, 0.1) is 17.2 Å². The Balaban J connectivity index is 1.55. The zero-order chi connectivity index (χ0) is 36.0. The number of pyridine rings is 1. The van der Waals surface area contributed by atoms with E-state index in [4.69, 9.17) is 19.9 Å². The lowest BCUT2D eigenvalue weighted by molar-refractivity contribution is -0.158. The van der Waals surface area contributed by atoms with Crippen LogP contribution in [-0.2, 0) is 20.9 Å². The molecular weight excluding hydrogens is 650 g/mol. The molecule has 0 aliphatic heterocycles. The third-order valence-electron chi connectivity index (χ3n) is 6.87. The number of nitrogens with zero attached hydrogens (tertiary/aromatic N) is 1. The highest BCUT2D eigenvalue weighted by Gasteiger charge is 2.30. The summed E-state index contributed by atoms with van der Waals surface area (Å²) >= 11 is 0. The lowest BCUT2D eigenvalue weighted by Gasteiger charge is -2.26. The first kappa shape index (κ1) is 36.2. The first-order valence-electron chi connectivity index (χ1n) is 14.9. The van der Waals surface area contributed by atoms with Gasteiger partial charge in [-0.15, -0.1) is 0 Å². The molecule has 0 bridgehead atoms. The molecule has 4 rings (SSSR count). The summed E-state index contributed by atoms with van der Waals surface area (Å²) in [5.74, 6) is -7.71. The van der Waals surface area contributed by atoms with E-state index in [0.717, 1.165) is 36.4 Å². The molecule has 0 saturated heterocycles. The van der Waals surface area contributed by atoms with Crippen molar-refractivity contribution in [3.05, 3.63) is 123 Å². The van der Waals surface area contributed by atoms with E-state index < -0.39 is 87.1 Å². The molecule has 3 aromatic carbocycles. The smallest absolute Gasteiger partial charge is 0.408 e. The summed E-state index contributed by atoms with van der Waals surface area (Å²) in [6.07, 6.45) is -2.08. The van der Waals surface area contributed by atoms with E-state index in [2.05, 4.69) is 5.32 Å². The van der Waals surface area contributed by atoms with E-state index in [0.29, 0.717) is 16.2 Å². The van der Waals surface area contributed by atoms with Crippen molar-refractivity contribution < 1.29 is 46.2 Å². The van der Waals surface area contributed by atoms with Crippen LogP contribution >= 0.6 is 0 Å². The van der Waals surface area contributed by atoms with Gasteiger partial charge in [-0.05, 0) is 51.5 Å². The van der Waals surface area contributed by atoms with Crippen molar-refractivity contribution in [2.45, 2.75) is 58.5 Å². The summed E-state index contributed by atoms with van der Waals surface area (Å²) in [7, 11) is 0. The zero-order valence-electron chi connectivity index (χ0n) is 26.9. The molecule has 1 amide bonds. The molecular formula is C35H33F4N3O7. The second-order valence-corrected chi connectivity index (χ2v) is 12.0. The summed E-state index contributed by atoms with van der Waals surface area (Å²) in [4.78, 5) is 51.2. The second kappa shape index (κ2) is 15.0. The Morgan fingerprint density at radius 1 is 0.878 bits per heavy atom. The van der Waals surface area contributed by atoms with E-state index in [9.17, 15) is 28.0 Å². The number of carbonyl (C=O) groups is 3.